The summed E-state index contributed by atoms with van der Waals surface area (Å²) >= 11 is 7.14. The number of aromatic nitrogens is 3. The molecule has 7 nitrogen and oxygen atoms in total. The predicted molar refractivity (Wildman–Crippen MR) is 101 cm³/mol. The first-order valence-corrected chi connectivity index (χ1v) is 9.04. The molecule has 136 valence electrons. The first-order valence-electron chi connectivity index (χ1n) is 7.68. The molecule has 1 aromatic carbocycles. The Morgan fingerprint density at radius 1 is 1.38 bits per heavy atom. The van der Waals surface area contributed by atoms with Crippen molar-refractivity contribution in [3.8, 4) is 17.5 Å². The molecule has 0 radical (unpaired) electrons. The van der Waals surface area contributed by atoms with Crippen LogP contribution in [0.1, 0.15) is 6.92 Å². The predicted octanol–water partition coefficient (Wildman–Crippen LogP) is 2.66. The number of rotatable bonds is 8. The van der Waals surface area contributed by atoms with Crippen molar-refractivity contribution in [2.24, 2.45) is 5.73 Å². The molecule has 1 aromatic heterocycles. The van der Waals surface area contributed by atoms with Crippen LogP contribution in [0.15, 0.2) is 40.7 Å². The van der Waals surface area contributed by atoms with E-state index in [9.17, 15) is 4.79 Å². The maximum Gasteiger partial charge on any atom is 0.192 e. The molecule has 2 rings (SSSR count). The average Bonchev–Trinajstić information content (AvgIpc) is 3.01. The van der Waals surface area contributed by atoms with Crippen LogP contribution in [0.2, 0.25) is 5.02 Å². The number of hydrogen-bond donors (Lipinski definition) is 1. The molecule has 2 N–H and O–H groups in total. The minimum atomic E-state index is -0.341. The minimum Gasteiger partial charge on any atom is -0.401 e. The van der Waals surface area contributed by atoms with E-state index in [1.54, 1.807) is 19.2 Å². The zero-order valence-corrected chi connectivity index (χ0v) is 16.0. The number of methoxy groups -OCH3 is 1. The molecule has 0 bridgehead atoms. The molecule has 0 saturated carbocycles. The number of nitrogens with zero attached hydrogens (tertiary/aromatic N) is 4. The van der Waals surface area contributed by atoms with Crippen molar-refractivity contribution in [2.75, 3.05) is 19.5 Å². The van der Waals surface area contributed by atoms with Crippen LogP contribution in [0.3, 0.4) is 0 Å². The number of carbonyl (C=O) groups excluding carboxylic acids is 1. The second-order valence-corrected chi connectivity index (χ2v) is 6.72. The largest absolute Gasteiger partial charge is 0.401 e. The highest BCUT2D eigenvalue weighted by atomic mass is 35.5. The molecular formula is C17H18ClN5O2S. The summed E-state index contributed by atoms with van der Waals surface area (Å²) in [5.41, 5.74) is 6.60. The SMILES string of the molecule is COCCn1c(SCC(=O)/C(C#N)=C(\C)N)nnc1-c1ccc(Cl)cc1. The molecule has 9 heteroatoms. The van der Waals surface area contributed by atoms with E-state index in [0.29, 0.717) is 29.2 Å². The van der Waals surface area contributed by atoms with Crippen LogP contribution in [0.25, 0.3) is 11.4 Å². The fourth-order valence-corrected chi connectivity index (χ4v) is 3.13. The topological polar surface area (TPSA) is 107 Å². The van der Waals surface area contributed by atoms with Crippen molar-refractivity contribution in [3.63, 3.8) is 0 Å². The van der Waals surface area contributed by atoms with E-state index in [2.05, 4.69) is 10.2 Å². The van der Waals surface area contributed by atoms with Gasteiger partial charge in [0.25, 0.3) is 0 Å². The Morgan fingerprint density at radius 3 is 2.65 bits per heavy atom. The fourth-order valence-electron chi connectivity index (χ4n) is 2.16. The Balaban J connectivity index is 2.26. The third kappa shape index (κ3) is 4.85. The summed E-state index contributed by atoms with van der Waals surface area (Å²) in [4.78, 5) is 12.2. The van der Waals surface area contributed by atoms with E-state index in [1.807, 2.05) is 22.8 Å². The maximum atomic E-state index is 12.2. The van der Waals surface area contributed by atoms with Crippen LogP contribution in [-0.2, 0) is 16.1 Å². The number of nitriles is 1. The lowest BCUT2D eigenvalue weighted by Gasteiger charge is -2.09. The Kier molecular flexibility index (Phi) is 7.21. The first-order chi connectivity index (χ1) is 12.5. The number of carbonyl (C=O) groups is 1. The molecule has 0 unspecified atom stereocenters. The van der Waals surface area contributed by atoms with Crippen LogP contribution in [-0.4, -0.2) is 40.0 Å². The van der Waals surface area contributed by atoms with Crippen LogP contribution < -0.4 is 5.73 Å². The number of Topliss-reactive ketones (excluding diaryl/α,β-unsaturated/α-hetero) is 1. The smallest absolute Gasteiger partial charge is 0.192 e. The van der Waals surface area contributed by atoms with E-state index >= 15 is 0 Å². The number of allylic oxidation sites excluding steroid dienone is 2. The van der Waals surface area contributed by atoms with Crippen molar-refractivity contribution < 1.29 is 9.53 Å². The van der Waals surface area contributed by atoms with Gasteiger partial charge in [-0.1, -0.05) is 23.4 Å². The number of ether oxygens (including phenoxy) is 1. The Bertz CT molecular complexity index is 851. The van der Waals surface area contributed by atoms with E-state index in [0.717, 1.165) is 5.56 Å². The molecule has 26 heavy (non-hydrogen) atoms. The number of thioether (sulfide) groups is 1. The second kappa shape index (κ2) is 9.38. The zero-order chi connectivity index (χ0) is 19.1. The van der Waals surface area contributed by atoms with E-state index in [-0.39, 0.29) is 22.8 Å². The third-order valence-electron chi connectivity index (χ3n) is 3.46. The number of benzene rings is 1. The molecule has 0 amide bonds. The Morgan fingerprint density at radius 2 is 2.08 bits per heavy atom. The first kappa shape index (κ1) is 20.0. The highest BCUT2D eigenvalue weighted by molar-refractivity contribution is 7.99. The molecule has 1 heterocycles. The van der Waals surface area contributed by atoms with Gasteiger partial charge in [-0.25, -0.2) is 0 Å². The summed E-state index contributed by atoms with van der Waals surface area (Å²) in [6, 6.07) is 9.09. The number of halogens is 1. The Labute approximate surface area is 160 Å². The number of hydrogen-bond acceptors (Lipinski definition) is 7. The van der Waals surface area contributed by atoms with Crippen molar-refractivity contribution in [3.05, 3.63) is 40.6 Å². The van der Waals surface area contributed by atoms with Crippen LogP contribution in [0.5, 0.6) is 0 Å². The van der Waals surface area contributed by atoms with Crippen molar-refractivity contribution in [1.82, 2.24) is 14.8 Å². The van der Waals surface area contributed by atoms with Gasteiger partial charge in [0, 0.05) is 23.4 Å². The molecule has 0 aliphatic carbocycles. The van der Waals surface area contributed by atoms with Gasteiger partial charge in [-0.05, 0) is 31.2 Å². The normalized spacial score (nSPS) is 11.8. The summed E-state index contributed by atoms with van der Waals surface area (Å²) < 4.78 is 7.02. The van der Waals surface area contributed by atoms with E-state index in [1.165, 1.54) is 18.7 Å². The fraction of sp³-hybridized carbons (Fsp3) is 0.294. The van der Waals surface area contributed by atoms with Gasteiger partial charge in [-0.15, -0.1) is 10.2 Å². The standard InChI is InChI=1S/C17H18ClN5O2S/c1-11(20)14(9-19)15(24)10-26-17-22-21-16(23(17)7-8-25-2)12-3-5-13(18)6-4-12/h3-6H,7-8,10,20H2,1-2H3/b14-11+. The molecule has 0 aliphatic rings. The van der Waals surface area contributed by atoms with Crippen molar-refractivity contribution in [1.29, 1.82) is 5.26 Å². The van der Waals surface area contributed by atoms with Gasteiger partial charge in [-0.2, -0.15) is 5.26 Å². The van der Waals surface area contributed by atoms with Crippen LogP contribution >= 0.6 is 23.4 Å². The van der Waals surface area contributed by atoms with Gasteiger partial charge < -0.3 is 10.5 Å². The van der Waals surface area contributed by atoms with Gasteiger partial charge in [-0.3, -0.25) is 9.36 Å². The molecule has 0 aliphatic heterocycles. The minimum absolute atomic E-state index is 0.0293. The quantitative estimate of drug-likeness (QED) is 0.418. The summed E-state index contributed by atoms with van der Waals surface area (Å²) in [7, 11) is 1.61. The van der Waals surface area contributed by atoms with Crippen molar-refractivity contribution in [2.45, 2.75) is 18.6 Å². The Hall–Kier alpha value is -2.34. The monoisotopic (exact) mass is 391 g/mol. The molecule has 0 spiro atoms. The van der Waals surface area contributed by atoms with Gasteiger partial charge >= 0.3 is 0 Å². The molecule has 0 saturated heterocycles. The lowest BCUT2D eigenvalue weighted by atomic mass is 10.2. The zero-order valence-electron chi connectivity index (χ0n) is 14.4. The summed E-state index contributed by atoms with van der Waals surface area (Å²) in [6.45, 7) is 2.51. The van der Waals surface area contributed by atoms with Crippen LogP contribution in [0.4, 0.5) is 0 Å². The molecule has 0 fully saturated rings. The summed E-state index contributed by atoms with van der Waals surface area (Å²) in [5, 5.41) is 18.6. The van der Waals surface area contributed by atoms with Gasteiger partial charge in [0.05, 0.1) is 18.9 Å². The average molecular weight is 392 g/mol. The second-order valence-electron chi connectivity index (χ2n) is 5.34. The van der Waals surface area contributed by atoms with E-state index in [4.69, 9.17) is 27.3 Å². The molecule has 0 atom stereocenters. The van der Waals surface area contributed by atoms with E-state index < -0.39 is 0 Å². The molecular weight excluding hydrogens is 374 g/mol. The van der Waals surface area contributed by atoms with Gasteiger partial charge in [0.15, 0.2) is 16.8 Å². The maximum absolute atomic E-state index is 12.2. The molecule has 2 aromatic rings. The highest BCUT2D eigenvalue weighted by Crippen LogP contribution is 2.25. The number of ketones is 1. The van der Waals surface area contributed by atoms with Crippen LogP contribution in [0, 0.1) is 11.3 Å². The van der Waals surface area contributed by atoms with Gasteiger partial charge in [0.2, 0.25) is 0 Å². The highest BCUT2D eigenvalue weighted by Gasteiger charge is 2.18. The van der Waals surface area contributed by atoms with Crippen molar-refractivity contribution >= 4 is 29.1 Å². The summed E-state index contributed by atoms with van der Waals surface area (Å²) in [6.07, 6.45) is 0. The lowest BCUT2D eigenvalue weighted by Crippen LogP contribution is -2.12. The lowest BCUT2D eigenvalue weighted by molar-refractivity contribution is -0.112. The number of nitrogens with two attached hydrogens (primary N) is 1. The third-order valence-corrected chi connectivity index (χ3v) is 4.67. The van der Waals surface area contributed by atoms with Gasteiger partial charge in [0.1, 0.15) is 11.6 Å². The summed E-state index contributed by atoms with van der Waals surface area (Å²) in [5.74, 6) is 0.356.